The second-order valence-electron chi connectivity index (χ2n) is 24.5. The molecule has 0 saturated carbocycles. The number of hydrogen-bond donors (Lipinski definition) is 1. The lowest BCUT2D eigenvalue weighted by atomic mass is 10.0. The highest BCUT2D eigenvalue weighted by Gasteiger charge is 2.27. The average Bonchev–Trinajstić information content (AvgIpc) is 3.48. The highest BCUT2D eigenvalue weighted by molar-refractivity contribution is 7.47. The molecule has 0 aromatic heterocycles. The van der Waals surface area contributed by atoms with E-state index in [1.807, 2.05) is 21.1 Å². The monoisotopic (exact) mass is 1180 g/mol. The number of quaternary nitrogens is 1. The first-order chi connectivity index (χ1) is 40.5. The van der Waals surface area contributed by atoms with E-state index in [0.29, 0.717) is 17.4 Å². The molecule has 0 saturated heterocycles. The van der Waals surface area contributed by atoms with Gasteiger partial charge in [-0.25, -0.2) is 4.57 Å². The van der Waals surface area contributed by atoms with Gasteiger partial charge in [0.1, 0.15) is 19.8 Å². The number of carbonyl (C=O) groups excluding carboxylic acids is 2. The lowest BCUT2D eigenvalue weighted by Gasteiger charge is -2.24. The molecule has 0 aliphatic rings. The van der Waals surface area contributed by atoms with Crippen LogP contribution < -0.4 is 0 Å². The molecule has 0 aliphatic carbocycles. The maximum atomic E-state index is 12.8. The number of esters is 2. The highest BCUT2D eigenvalue weighted by Crippen LogP contribution is 2.43. The van der Waals surface area contributed by atoms with Gasteiger partial charge < -0.3 is 18.9 Å². The molecule has 0 aliphatic heterocycles. The number of unbranched alkanes of at least 4 members (excludes halogenated alkanes) is 36. The standard InChI is InChI=1S/C73H132NO8P/c1-6-8-10-12-14-16-18-20-22-24-26-28-30-32-33-34-35-36-37-38-39-40-42-43-45-47-49-51-53-55-57-59-61-63-65-72(75)79-69-71(70-81-83(77,78)80-68-67-74(3,4)5)82-73(76)66-64-62-60-58-56-54-52-50-48-46-44-41-31-29-27-25-23-21-19-17-15-13-11-9-7-2/h9,11,15,17,21,23,27,29,41,44,48,50,54,56,71H,6-8,10,12-14,16,18-20,22,24-26,28,30-40,42-43,45-47,49,51-53,55,57-70H2,1-5H3/p+1/b11-9-,17-15-,23-21-,29-27-,44-41-,50-48-,56-54-. The van der Waals surface area contributed by atoms with Crippen molar-refractivity contribution in [3.63, 3.8) is 0 Å². The summed E-state index contributed by atoms with van der Waals surface area (Å²) in [5.74, 6) is -0.828. The lowest BCUT2D eigenvalue weighted by Crippen LogP contribution is -2.37. The minimum absolute atomic E-state index is 0.0220. The minimum atomic E-state index is -4.40. The summed E-state index contributed by atoms with van der Waals surface area (Å²) in [6.07, 6.45) is 87.1. The Hall–Kier alpha value is -2.81. The van der Waals surface area contributed by atoms with Crippen molar-refractivity contribution < 1.29 is 42.1 Å². The molecule has 482 valence electrons. The van der Waals surface area contributed by atoms with Crippen LogP contribution in [0.2, 0.25) is 0 Å². The van der Waals surface area contributed by atoms with Gasteiger partial charge in [0.25, 0.3) is 0 Å². The summed E-state index contributed by atoms with van der Waals surface area (Å²) in [5, 5.41) is 0. The van der Waals surface area contributed by atoms with E-state index in [1.54, 1.807) is 0 Å². The van der Waals surface area contributed by atoms with Crippen LogP contribution in [0.5, 0.6) is 0 Å². The molecule has 0 spiro atoms. The third kappa shape index (κ3) is 68.2. The predicted molar refractivity (Wildman–Crippen MR) is 358 cm³/mol. The van der Waals surface area contributed by atoms with Crippen LogP contribution in [0.15, 0.2) is 85.1 Å². The highest BCUT2D eigenvalue weighted by atomic mass is 31.2. The second kappa shape index (κ2) is 63.7. The number of likely N-dealkylation sites (N-methyl/N-ethyl adjacent to an activating group) is 1. The van der Waals surface area contributed by atoms with Crippen molar-refractivity contribution in [1.29, 1.82) is 0 Å². The molecule has 2 unspecified atom stereocenters. The molecule has 0 heterocycles. The normalized spacial score (nSPS) is 13.7. The molecule has 0 radical (unpaired) electrons. The van der Waals surface area contributed by atoms with Gasteiger partial charge in [-0.3, -0.25) is 18.6 Å². The van der Waals surface area contributed by atoms with Gasteiger partial charge in [-0.1, -0.05) is 317 Å². The zero-order chi connectivity index (χ0) is 60.5. The Labute approximate surface area is 513 Å². The number of allylic oxidation sites excluding steroid dienone is 14. The number of nitrogens with zero attached hydrogens (tertiary/aromatic N) is 1. The molecular weight excluding hydrogens is 1050 g/mol. The first-order valence-corrected chi connectivity index (χ1v) is 36.3. The number of phosphoric ester groups is 1. The summed E-state index contributed by atoms with van der Waals surface area (Å²) in [6.45, 7) is 4.32. The van der Waals surface area contributed by atoms with Crippen LogP contribution >= 0.6 is 7.82 Å². The molecule has 0 aromatic rings. The van der Waals surface area contributed by atoms with E-state index in [4.69, 9.17) is 18.5 Å². The van der Waals surface area contributed by atoms with E-state index < -0.39 is 26.5 Å². The molecule has 0 aromatic carbocycles. The summed E-state index contributed by atoms with van der Waals surface area (Å²) in [4.78, 5) is 35.8. The van der Waals surface area contributed by atoms with E-state index in [9.17, 15) is 19.0 Å². The Bertz CT molecular complexity index is 1680. The van der Waals surface area contributed by atoms with Crippen LogP contribution in [0.1, 0.15) is 316 Å². The van der Waals surface area contributed by atoms with Gasteiger partial charge >= 0.3 is 19.8 Å². The molecule has 10 heteroatoms. The zero-order valence-corrected chi connectivity index (χ0v) is 55.8. The van der Waals surface area contributed by atoms with Gasteiger partial charge in [-0.05, 0) is 70.6 Å². The van der Waals surface area contributed by atoms with Gasteiger partial charge in [0.15, 0.2) is 6.10 Å². The summed E-state index contributed by atoms with van der Waals surface area (Å²) in [6, 6.07) is 0. The Morgan fingerprint density at radius 1 is 0.386 bits per heavy atom. The SMILES string of the molecule is CC/C=C\C/C=C\C/C=C\C/C=C\C/C=C\C/C=C\C/C=C\CCCCCC(=O)OC(COC(=O)CCCCCCCCCCCCCCCCCCCCCCCCCCCCCCCCCCCC)COP(=O)(O)OCC[N+](C)(C)C. The molecule has 0 fully saturated rings. The lowest BCUT2D eigenvalue weighted by molar-refractivity contribution is -0.870. The maximum Gasteiger partial charge on any atom is 0.472 e. The summed E-state index contributed by atoms with van der Waals surface area (Å²) >= 11 is 0. The number of phosphoric acid groups is 1. The molecular formula is C73H133NO8P+. The Kier molecular flexibility index (Phi) is 61.5. The molecule has 0 bridgehead atoms. The fourth-order valence-corrected chi connectivity index (χ4v) is 10.6. The van der Waals surface area contributed by atoms with Crippen molar-refractivity contribution in [3.8, 4) is 0 Å². The van der Waals surface area contributed by atoms with E-state index in [1.165, 1.54) is 199 Å². The van der Waals surface area contributed by atoms with Crippen molar-refractivity contribution in [1.82, 2.24) is 0 Å². The van der Waals surface area contributed by atoms with Gasteiger partial charge in [-0.15, -0.1) is 0 Å². The van der Waals surface area contributed by atoms with Crippen LogP contribution in [0.3, 0.4) is 0 Å². The number of rotatable bonds is 64. The molecule has 0 rings (SSSR count). The Morgan fingerprint density at radius 3 is 1.02 bits per heavy atom. The van der Waals surface area contributed by atoms with E-state index in [2.05, 4.69) is 98.9 Å². The van der Waals surface area contributed by atoms with Gasteiger partial charge in [0.05, 0.1) is 27.7 Å². The van der Waals surface area contributed by atoms with Crippen molar-refractivity contribution in [2.45, 2.75) is 322 Å². The van der Waals surface area contributed by atoms with Gasteiger partial charge in [-0.2, -0.15) is 0 Å². The third-order valence-corrected chi connectivity index (χ3v) is 16.2. The van der Waals surface area contributed by atoms with E-state index in [-0.39, 0.29) is 32.0 Å². The number of ether oxygens (including phenoxy) is 2. The molecule has 9 nitrogen and oxygen atoms in total. The van der Waals surface area contributed by atoms with Crippen LogP contribution in [-0.2, 0) is 32.7 Å². The fourth-order valence-electron chi connectivity index (χ4n) is 9.88. The first-order valence-electron chi connectivity index (χ1n) is 34.8. The summed E-state index contributed by atoms with van der Waals surface area (Å²) in [7, 11) is 1.45. The van der Waals surface area contributed by atoms with Crippen LogP contribution in [0, 0.1) is 0 Å². The quantitative estimate of drug-likeness (QED) is 0.0211. The van der Waals surface area contributed by atoms with Gasteiger partial charge in [0, 0.05) is 12.8 Å². The largest absolute Gasteiger partial charge is 0.472 e. The number of carbonyl (C=O) groups is 2. The average molecular weight is 1180 g/mol. The fraction of sp³-hybridized carbons (Fsp3) is 0.781. The topological polar surface area (TPSA) is 108 Å². The molecule has 1 N–H and O–H groups in total. The second-order valence-corrected chi connectivity index (χ2v) is 26.0. The van der Waals surface area contributed by atoms with E-state index in [0.717, 1.165) is 83.5 Å². The molecule has 83 heavy (non-hydrogen) atoms. The molecule has 0 amide bonds. The predicted octanol–water partition coefficient (Wildman–Crippen LogP) is 22.5. The van der Waals surface area contributed by atoms with Crippen molar-refractivity contribution in [3.05, 3.63) is 85.1 Å². The van der Waals surface area contributed by atoms with Crippen molar-refractivity contribution >= 4 is 19.8 Å². The van der Waals surface area contributed by atoms with Crippen molar-refractivity contribution in [2.24, 2.45) is 0 Å². The summed E-state index contributed by atoms with van der Waals surface area (Å²) < 4.78 is 34.6. The first kappa shape index (κ1) is 80.2. The van der Waals surface area contributed by atoms with Crippen LogP contribution in [0.25, 0.3) is 0 Å². The van der Waals surface area contributed by atoms with Crippen molar-refractivity contribution in [2.75, 3.05) is 47.5 Å². The molecule has 2 atom stereocenters. The maximum absolute atomic E-state index is 12.8. The third-order valence-electron chi connectivity index (χ3n) is 15.2. The zero-order valence-electron chi connectivity index (χ0n) is 54.9. The number of hydrogen-bond acceptors (Lipinski definition) is 7. The Morgan fingerprint density at radius 2 is 0.687 bits per heavy atom. The smallest absolute Gasteiger partial charge is 0.462 e. The summed E-state index contributed by atoms with van der Waals surface area (Å²) in [5.41, 5.74) is 0. The Balaban J connectivity index is 4.05. The minimum Gasteiger partial charge on any atom is -0.462 e. The van der Waals surface area contributed by atoms with E-state index >= 15 is 0 Å². The van der Waals surface area contributed by atoms with Gasteiger partial charge in [0.2, 0.25) is 0 Å². The van der Waals surface area contributed by atoms with Crippen LogP contribution in [0.4, 0.5) is 0 Å². The van der Waals surface area contributed by atoms with Crippen LogP contribution in [-0.4, -0.2) is 74.9 Å².